The Morgan fingerprint density at radius 1 is 1.07 bits per heavy atom. The van der Waals surface area contributed by atoms with E-state index in [9.17, 15) is 14.4 Å². The number of ether oxygens (including phenoxy) is 1. The topological polar surface area (TPSA) is 110 Å². The van der Waals surface area contributed by atoms with Gasteiger partial charge >= 0.3 is 5.97 Å². The number of carbonyl (C=O) groups excluding carboxylic acids is 2. The van der Waals surface area contributed by atoms with E-state index in [0.717, 1.165) is 56.6 Å². The SMILES string of the molecule is CCOC(=O)c1cn(-c2ccc3c(c2)CCC3)c2nc(Nc3cccc(C4CCN(C(=O)CN(C)C)CC4)c3)ncc2c1=O. The van der Waals surface area contributed by atoms with Crippen molar-refractivity contribution in [3.8, 4) is 5.69 Å². The number of pyridine rings is 1. The van der Waals surface area contributed by atoms with Crippen molar-refractivity contribution in [2.24, 2.45) is 0 Å². The minimum absolute atomic E-state index is 0.0497. The van der Waals surface area contributed by atoms with Crippen LogP contribution in [0.15, 0.2) is 59.7 Å². The average Bonchev–Trinajstić information content (AvgIpc) is 3.49. The molecule has 10 nitrogen and oxygen atoms in total. The second-order valence-electron chi connectivity index (χ2n) is 11.8. The first kappa shape index (κ1) is 29.5. The van der Waals surface area contributed by atoms with Crippen molar-refractivity contribution in [3.05, 3.63) is 87.3 Å². The largest absolute Gasteiger partial charge is 0.462 e. The van der Waals surface area contributed by atoms with Gasteiger partial charge in [0.25, 0.3) is 0 Å². The standard InChI is InChI=1S/C34H38N6O4/c1-4-44-33(43)29-20-40(27-12-11-22-7-5-8-25(22)18-27)32-28(31(29)42)19-35-34(37-32)36-26-10-6-9-24(17-26)23-13-15-39(16-14-23)30(41)21-38(2)3/h6,9-12,17-20,23H,4-5,7-8,13-16,21H2,1-3H3,(H,35,36,37). The van der Waals surface area contributed by atoms with Gasteiger partial charge in [0.05, 0.1) is 18.5 Å². The molecule has 1 saturated heterocycles. The van der Waals surface area contributed by atoms with E-state index in [0.29, 0.717) is 24.1 Å². The van der Waals surface area contributed by atoms with E-state index < -0.39 is 11.4 Å². The number of nitrogens with zero attached hydrogens (tertiary/aromatic N) is 5. The summed E-state index contributed by atoms with van der Waals surface area (Å²) in [7, 11) is 3.82. The predicted molar refractivity (Wildman–Crippen MR) is 170 cm³/mol. The number of fused-ring (bicyclic) bond motifs is 2. The maximum atomic E-state index is 13.4. The molecule has 4 aromatic rings. The number of benzene rings is 2. The van der Waals surface area contributed by atoms with E-state index in [-0.39, 0.29) is 23.5 Å². The summed E-state index contributed by atoms with van der Waals surface area (Å²) in [4.78, 5) is 51.7. The Morgan fingerprint density at radius 3 is 2.64 bits per heavy atom. The van der Waals surface area contributed by atoms with Crippen molar-refractivity contribution in [2.45, 2.75) is 44.9 Å². The van der Waals surface area contributed by atoms with Crippen LogP contribution in [-0.2, 0) is 22.4 Å². The first-order chi connectivity index (χ1) is 21.3. The highest BCUT2D eigenvalue weighted by molar-refractivity contribution is 5.93. The Hall–Kier alpha value is -4.57. The number of esters is 1. The van der Waals surface area contributed by atoms with E-state index in [1.165, 1.54) is 29.1 Å². The summed E-state index contributed by atoms with van der Waals surface area (Å²) in [5.74, 6) is 0.201. The van der Waals surface area contributed by atoms with Gasteiger partial charge in [-0.2, -0.15) is 4.98 Å². The van der Waals surface area contributed by atoms with Crippen LogP contribution in [-0.4, -0.2) is 76.5 Å². The zero-order valence-electron chi connectivity index (χ0n) is 25.5. The van der Waals surface area contributed by atoms with Gasteiger partial charge in [-0.1, -0.05) is 18.2 Å². The lowest BCUT2D eigenvalue weighted by molar-refractivity contribution is -0.132. The fourth-order valence-corrected chi connectivity index (χ4v) is 6.26. The molecule has 2 aromatic heterocycles. The molecule has 1 aliphatic heterocycles. The van der Waals surface area contributed by atoms with Gasteiger partial charge in [0.1, 0.15) is 5.56 Å². The van der Waals surface area contributed by atoms with Crippen molar-refractivity contribution >= 4 is 34.5 Å². The molecule has 0 atom stereocenters. The van der Waals surface area contributed by atoms with Crippen LogP contribution in [0.5, 0.6) is 0 Å². The Balaban J connectivity index is 1.29. The lowest BCUT2D eigenvalue weighted by atomic mass is 9.89. The molecule has 228 valence electrons. The van der Waals surface area contributed by atoms with Crippen molar-refractivity contribution in [1.29, 1.82) is 0 Å². The molecule has 1 fully saturated rings. The molecule has 44 heavy (non-hydrogen) atoms. The first-order valence-corrected chi connectivity index (χ1v) is 15.3. The Bertz CT molecular complexity index is 1770. The van der Waals surface area contributed by atoms with Crippen LogP contribution < -0.4 is 10.7 Å². The third kappa shape index (κ3) is 6.07. The first-order valence-electron chi connectivity index (χ1n) is 15.3. The summed E-state index contributed by atoms with van der Waals surface area (Å²) in [6.07, 6.45) is 7.99. The number of anilines is 2. The average molecular weight is 595 g/mol. The fourth-order valence-electron chi connectivity index (χ4n) is 6.26. The maximum absolute atomic E-state index is 13.4. The number of aryl methyl sites for hydroxylation is 2. The number of nitrogens with one attached hydrogen (secondary N) is 1. The summed E-state index contributed by atoms with van der Waals surface area (Å²) in [6, 6.07) is 14.4. The number of aromatic nitrogens is 3. The van der Waals surface area contributed by atoms with Gasteiger partial charge in [-0.05, 0) is 100.0 Å². The number of piperidine rings is 1. The molecular formula is C34H38N6O4. The number of carbonyl (C=O) groups is 2. The molecule has 1 amide bonds. The van der Waals surface area contributed by atoms with Crippen LogP contribution >= 0.6 is 0 Å². The second-order valence-corrected chi connectivity index (χ2v) is 11.8. The molecule has 0 bridgehead atoms. The number of hydrogen-bond donors (Lipinski definition) is 1. The second kappa shape index (κ2) is 12.6. The molecule has 2 aliphatic rings. The molecule has 3 heterocycles. The maximum Gasteiger partial charge on any atom is 0.343 e. The van der Waals surface area contributed by atoms with Crippen molar-refractivity contribution < 1.29 is 14.3 Å². The van der Waals surface area contributed by atoms with E-state index >= 15 is 0 Å². The summed E-state index contributed by atoms with van der Waals surface area (Å²) in [6.45, 7) is 3.81. The summed E-state index contributed by atoms with van der Waals surface area (Å²) in [5, 5.41) is 3.56. The summed E-state index contributed by atoms with van der Waals surface area (Å²) >= 11 is 0. The van der Waals surface area contributed by atoms with E-state index in [1.54, 1.807) is 11.5 Å². The highest BCUT2D eigenvalue weighted by Gasteiger charge is 2.25. The minimum atomic E-state index is -0.666. The monoisotopic (exact) mass is 594 g/mol. The van der Waals surface area contributed by atoms with Crippen LogP contribution in [0.4, 0.5) is 11.6 Å². The zero-order valence-corrected chi connectivity index (χ0v) is 25.5. The zero-order chi connectivity index (χ0) is 30.8. The molecule has 6 rings (SSSR count). The van der Waals surface area contributed by atoms with E-state index in [1.807, 2.05) is 42.1 Å². The van der Waals surface area contributed by atoms with Gasteiger partial charge in [-0.3, -0.25) is 9.59 Å². The fraction of sp³-hybridized carbons (Fsp3) is 0.382. The number of likely N-dealkylation sites (N-methyl/N-ethyl adjacent to an activating group) is 1. The molecule has 0 radical (unpaired) electrons. The summed E-state index contributed by atoms with van der Waals surface area (Å²) in [5.41, 5.74) is 5.35. The molecule has 10 heteroatoms. The molecule has 1 N–H and O–H groups in total. The molecule has 0 unspecified atom stereocenters. The molecule has 0 spiro atoms. The summed E-state index contributed by atoms with van der Waals surface area (Å²) < 4.78 is 6.98. The smallest absolute Gasteiger partial charge is 0.343 e. The van der Waals surface area contributed by atoms with Crippen molar-refractivity contribution in [3.63, 3.8) is 0 Å². The van der Waals surface area contributed by atoms with E-state index in [2.05, 4.69) is 34.6 Å². The van der Waals surface area contributed by atoms with Gasteiger partial charge in [-0.15, -0.1) is 0 Å². The molecule has 2 aromatic carbocycles. The number of amides is 1. The van der Waals surface area contributed by atoms with Crippen LogP contribution in [0.1, 0.15) is 59.2 Å². The Kier molecular flexibility index (Phi) is 8.43. The molecule has 1 aliphatic carbocycles. The van der Waals surface area contributed by atoms with Crippen molar-refractivity contribution in [1.82, 2.24) is 24.3 Å². The molecule has 0 saturated carbocycles. The van der Waals surface area contributed by atoms with Crippen LogP contribution in [0, 0.1) is 0 Å². The number of rotatable bonds is 8. The lowest BCUT2D eigenvalue weighted by Crippen LogP contribution is -2.42. The quantitative estimate of drug-likeness (QED) is 0.298. The van der Waals surface area contributed by atoms with Gasteiger partial charge in [0.2, 0.25) is 17.3 Å². The van der Waals surface area contributed by atoms with Crippen LogP contribution in [0.2, 0.25) is 0 Å². The third-order valence-electron chi connectivity index (χ3n) is 8.51. The number of hydrogen-bond acceptors (Lipinski definition) is 8. The normalized spacial score (nSPS) is 15.0. The third-order valence-corrected chi connectivity index (χ3v) is 8.51. The highest BCUT2D eigenvalue weighted by atomic mass is 16.5. The molecular weight excluding hydrogens is 556 g/mol. The van der Waals surface area contributed by atoms with Gasteiger partial charge in [0, 0.05) is 36.9 Å². The Labute approximate surface area is 256 Å². The minimum Gasteiger partial charge on any atom is -0.462 e. The Morgan fingerprint density at radius 2 is 1.86 bits per heavy atom. The van der Waals surface area contributed by atoms with Crippen molar-refractivity contribution in [2.75, 3.05) is 45.7 Å². The van der Waals surface area contributed by atoms with E-state index in [4.69, 9.17) is 9.72 Å². The predicted octanol–water partition coefficient (Wildman–Crippen LogP) is 4.46. The van der Waals surface area contributed by atoms with Crippen LogP contribution in [0.3, 0.4) is 0 Å². The van der Waals surface area contributed by atoms with Gasteiger partial charge < -0.3 is 24.4 Å². The van der Waals surface area contributed by atoms with Gasteiger partial charge in [0.15, 0.2) is 5.65 Å². The van der Waals surface area contributed by atoms with Gasteiger partial charge in [-0.25, -0.2) is 9.78 Å². The van der Waals surface area contributed by atoms with Crippen LogP contribution in [0.25, 0.3) is 16.7 Å². The lowest BCUT2D eigenvalue weighted by Gasteiger charge is -2.33. The number of likely N-dealkylation sites (tertiary alicyclic amines) is 1. The highest BCUT2D eigenvalue weighted by Crippen LogP contribution is 2.31.